The van der Waals surface area contributed by atoms with Gasteiger partial charge in [-0.1, -0.05) is 23.4 Å². The second-order valence-electron chi connectivity index (χ2n) is 3.78. The lowest BCUT2D eigenvalue weighted by molar-refractivity contribution is -0.141. The van der Waals surface area contributed by atoms with Crippen LogP contribution >= 0.6 is 11.6 Å². The van der Waals surface area contributed by atoms with Crippen molar-refractivity contribution in [3.63, 3.8) is 0 Å². The summed E-state index contributed by atoms with van der Waals surface area (Å²) < 4.78 is 38.3. The highest BCUT2D eigenvalue weighted by molar-refractivity contribution is 6.31. The fourth-order valence-corrected chi connectivity index (χ4v) is 1.70. The molecule has 0 fully saturated rings. The van der Waals surface area contributed by atoms with E-state index in [4.69, 9.17) is 11.6 Å². The minimum absolute atomic E-state index is 0.0890. The molecule has 1 aromatic carbocycles. The fraction of sp³-hybridized carbons (Fsp3) is 0.0833. The molecule has 8 heteroatoms. The van der Waals surface area contributed by atoms with Gasteiger partial charge in [0.2, 0.25) is 0 Å². The summed E-state index contributed by atoms with van der Waals surface area (Å²) >= 11 is 5.77. The number of benzene rings is 1. The molecule has 0 spiro atoms. The molecule has 0 N–H and O–H groups in total. The van der Waals surface area contributed by atoms with Crippen LogP contribution in [0.3, 0.4) is 0 Å². The lowest BCUT2D eigenvalue weighted by Crippen LogP contribution is -2.06. The molecule has 104 valence electrons. The largest absolute Gasteiger partial charge is 0.436 e. The van der Waals surface area contributed by atoms with Gasteiger partial charge < -0.3 is 0 Å². The fourth-order valence-electron chi connectivity index (χ4n) is 1.53. The Kier molecular flexibility index (Phi) is 3.63. The Morgan fingerprint density at radius 3 is 2.65 bits per heavy atom. The minimum Gasteiger partial charge on any atom is -0.289 e. The van der Waals surface area contributed by atoms with E-state index in [1.807, 2.05) is 0 Å². The Morgan fingerprint density at radius 1 is 1.40 bits per heavy atom. The van der Waals surface area contributed by atoms with Gasteiger partial charge in [-0.05, 0) is 24.3 Å². The van der Waals surface area contributed by atoms with Crippen LogP contribution in [0.4, 0.5) is 13.2 Å². The van der Waals surface area contributed by atoms with E-state index in [0.29, 0.717) is 6.20 Å². The molecule has 0 aliphatic carbocycles. The first-order chi connectivity index (χ1) is 9.32. The van der Waals surface area contributed by atoms with Crippen LogP contribution in [0.1, 0.15) is 16.1 Å². The minimum atomic E-state index is -4.60. The molecule has 20 heavy (non-hydrogen) atoms. The Balaban J connectivity index is 2.55. The molecule has 0 bridgehead atoms. The van der Waals surface area contributed by atoms with Crippen LogP contribution < -0.4 is 0 Å². The molecule has 0 aliphatic heterocycles. The quantitative estimate of drug-likeness (QED) is 0.645. The monoisotopic (exact) mass is 301 g/mol. The zero-order chi connectivity index (χ0) is 14.9. The Bertz CT molecular complexity index is 679. The van der Waals surface area contributed by atoms with Crippen molar-refractivity contribution in [2.24, 2.45) is 0 Å². The van der Waals surface area contributed by atoms with Crippen LogP contribution in [-0.4, -0.2) is 20.8 Å². The molecule has 1 aromatic heterocycles. The van der Waals surface area contributed by atoms with Crippen molar-refractivity contribution in [1.29, 1.82) is 0 Å². The summed E-state index contributed by atoms with van der Waals surface area (Å²) in [5.74, 6) is -0.480. The van der Waals surface area contributed by atoms with Crippen molar-refractivity contribution in [2.75, 3.05) is 0 Å². The molecule has 4 nitrogen and oxygen atoms in total. The first-order valence-electron chi connectivity index (χ1n) is 5.29. The SMILES string of the molecule is C=CC(=O)c1cc(Cl)ccc1-n1cc(C(F)(F)F)nn1. The smallest absolute Gasteiger partial charge is 0.289 e. The second kappa shape index (κ2) is 5.09. The normalized spacial score (nSPS) is 11.4. The number of hydrogen-bond acceptors (Lipinski definition) is 3. The van der Waals surface area contributed by atoms with E-state index in [2.05, 4.69) is 16.9 Å². The molecule has 2 aromatic rings. The number of carbonyl (C=O) groups excluding carboxylic acids is 1. The maximum absolute atomic E-state index is 12.5. The van der Waals surface area contributed by atoms with E-state index >= 15 is 0 Å². The van der Waals surface area contributed by atoms with E-state index in [1.165, 1.54) is 18.2 Å². The molecule has 1 heterocycles. The van der Waals surface area contributed by atoms with Gasteiger partial charge in [0.1, 0.15) is 0 Å². The van der Waals surface area contributed by atoms with Crippen molar-refractivity contribution in [3.8, 4) is 5.69 Å². The number of alkyl halides is 3. The lowest BCUT2D eigenvalue weighted by Gasteiger charge is -2.06. The van der Waals surface area contributed by atoms with Gasteiger partial charge in [0.15, 0.2) is 11.5 Å². The van der Waals surface area contributed by atoms with E-state index < -0.39 is 17.7 Å². The van der Waals surface area contributed by atoms with Crippen LogP contribution in [0.2, 0.25) is 5.02 Å². The van der Waals surface area contributed by atoms with Crippen molar-refractivity contribution in [3.05, 3.63) is 53.3 Å². The Labute approximate surface area is 116 Å². The van der Waals surface area contributed by atoms with Gasteiger partial charge in [-0.25, -0.2) is 4.68 Å². The summed E-state index contributed by atoms with van der Waals surface area (Å²) in [6, 6.07) is 4.15. The number of halogens is 4. The van der Waals surface area contributed by atoms with E-state index in [9.17, 15) is 18.0 Å². The third-order valence-corrected chi connectivity index (χ3v) is 2.68. The van der Waals surface area contributed by atoms with Gasteiger partial charge in [-0.3, -0.25) is 4.79 Å². The highest BCUT2D eigenvalue weighted by Crippen LogP contribution is 2.28. The summed E-state index contributed by atoms with van der Waals surface area (Å²) in [4.78, 5) is 11.7. The first kappa shape index (κ1) is 14.3. The topological polar surface area (TPSA) is 47.8 Å². The second-order valence-corrected chi connectivity index (χ2v) is 4.21. The van der Waals surface area contributed by atoms with Crippen LogP contribution in [-0.2, 0) is 6.18 Å². The number of aromatic nitrogens is 3. The molecule has 0 atom stereocenters. The van der Waals surface area contributed by atoms with Crippen molar-refractivity contribution in [1.82, 2.24) is 15.0 Å². The highest BCUT2D eigenvalue weighted by atomic mass is 35.5. The van der Waals surface area contributed by atoms with Gasteiger partial charge in [0.25, 0.3) is 0 Å². The molecule has 0 amide bonds. The van der Waals surface area contributed by atoms with Gasteiger partial charge >= 0.3 is 6.18 Å². The van der Waals surface area contributed by atoms with E-state index in [-0.39, 0.29) is 16.3 Å². The number of carbonyl (C=O) groups is 1. The van der Waals surface area contributed by atoms with Crippen molar-refractivity contribution >= 4 is 17.4 Å². The Morgan fingerprint density at radius 2 is 2.10 bits per heavy atom. The van der Waals surface area contributed by atoms with Crippen LogP contribution in [0.15, 0.2) is 37.1 Å². The average molecular weight is 302 g/mol. The van der Waals surface area contributed by atoms with Gasteiger partial charge in [-0.15, -0.1) is 5.10 Å². The Hall–Kier alpha value is -2.15. The number of nitrogens with zero attached hydrogens (tertiary/aromatic N) is 3. The molecular formula is C12H7ClF3N3O. The lowest BCUT2D eigenvalue weighted by atomic mass is 10.1. The third-order valence-electron chi connectivity index (χ3n) is 2.44. The van der Waals surface area contributed by atoms with Crippen LogP contribution in [0.25, 0.3) is 5.69 Å². The summed E-state index contributed by atoms with van der Waals surface area (Å²) in [5, 5.41) is 6.68. The molecule has 2 rings (SSSR count). The summed E-state index contributed by atoms with van der Waals surface area (Å²) in [6.45, 7) is 3.33. The van der Waals surface area contributed by atoms with E-state index in [1.54, 1.807) is 0 Å². The predicted octanol–water partition coefficient (Wildman–Crippen LogP) is 3.31. The summed E-state index contributed by atoms with van der Waals surface area (Å²) in [7, 11) is 0. The van der Waals surface area contributed by atoms with Gasteiger partial charge in [-0.2, -0.15) is 13.2 Å². The first-order valence-corrected chi connectivity index (χ1v) is 5.67. The maximum Gasteiger partial charge on any atom is 0.436 e. The van der Waals surface area contributed by atoms with Crippen LogP contribution in [0.5, 0.6) is 0 Å². The number of hydrogen-bond donors (Lipinski definition) is 0. The number of rotatable bonds is 3. The van der Waals surface area contributed by atoms with E-state index in [0.717, 1.165) is 10.8 Å². The molecule has 0 saturated heterocycles. The highest BCUT2D eigenvalue weighted by Gasteiger charge is 2.34. The summed E-state index contributed by atoms with van der Waals surface area (Å²) in [5.41, 5.74) is -0.919. The molecule has 0 unspecified atom stereocenters. The molecular weight excluding hydrogens is 295 g/mol. The number of ketones is 1. The average Bonchev–Trinajstić information content (AvgIpc) is 2.87. The zero-order valence-electron chi connectivity index (χ0n) is 9.86. The number of allylic oxidation sites excluding steroid dienone is 1. The van der Waals surface area contributed by atoms with Gasteiger partial charge in [0.05, 0.1) is 11.9 Å². The predicted molar refractivity (Wildman–Crippen MR) is 65.9 cm³/mol. The van der Waals surface area contributed by atoms with Gasteiger partial charge in [0, 0.05) is 10.6 Å². The van der Waals surface area contributed by atoms with Crippen molar-refractivity contribution < 1.29 is 18.0 Å². The standard InChI is InChI=1S/C12H7ClF3N3O/c1-2-10(20)8-5-7(13)3-4-9(8)19-6-11(17-18-19)12(14,15)16/h2-6H,1H2. The molecule has 0 radical (unpaired) electrons. The van der Waals surface area contributed by atoms with Crippen molar-refractivity contribution in [2.45, 2.75) is 6.18 Å². The molecule has 0 aliphatic rings. The third kappa shape index (κ3) is 2.72. The zero-order valence-corrected chi connectivity index (χ0v) is 10.6. The maximum atomic E-state index is 12.5. The molecule has 0 saturated carbocycles. The van der Waals surface area contributed by atoms with Crippen LogP contribution in [0, 0.1) is 0 Å². The summed E-state index contributed by atoms with van der Waals surface area (Å²) in [6.07, 6.45) is -2.87.